The molecule has 14 heavy (non-hydrogen) atoms. The van der Waals surface area contributed by atoms with E-state index in [1.165, 1.54) is 0 Å². The van der Waals surface area contributed by atoms with E-state index in [0.29, 0.717) is 0 Å². The summed E-state index contributed by atoms with van der Waals surface area (Å²) in [7, 11) is 3.56. The maximum absolute atomic E-state index is 5.24. The number of nitrogens with zero attached hydrogens (tertiary/aromatic N) is 1. The predicted molar refractivity (Wildman–Crippen MR) is 57.4 cm³/mol. The Labute approximate surface area is 84.8 Å². The Kier molecular flexibility index (Phi) is 4.13. The van der Waals surface area contributed by atoms with Crippen LogP contribution in [0.2, 0.25) is 0 Å². The molecule has 0 aliphatic heterocycles. The number of hydrogen-bond acceptors (Lipinski definition) is 3. The number of rotatable bonds is 5. The number of methoxy groups -OCH3 is 1. The molecule has 1 atom stereocenters. The van der Waals surface area contributed by atoms with Gasteiger partial charge in [0.25, 0.3) is 0 Å². The van der Waals surface area contributed by atoms with E-state index in [9.17, 15) is 0 Å². The second kappa shape index (κ2) is 5.40. The van der Waals surface area contributed by atoms with Crippen molar-refractivity contribution in [2.45, 2.75) is 12.5 Å². The van der Waals surface area contributed by atoms with Crippen molar-refractivity contribution in [1.29, 1.82) is 0 Å². The van der Waals surface area contributed by atoms with Gasteiger partial charge in [0.1, 0.15) is 5.75 Å². The fourth-order valence-corrected chi connectivity index (χ4v) is 1.37. The van der Waals surface area contributed by atoms with Crippen molar-refractivity contribution in [3.8, 4) is 5.75 Å². The van der Waals surface area contributed by atoms with Gasteiger partial charge in [-0.1, -0.05) is 6.08 Å². The molecule has 1 unspecified atom stereocenters. The maximum atomic E-state index is 5.24. The van der Waals surface area contributed by atoms with E-state index in [4.69, 9.17) is 4.74 Å². The molecule has 0 amide bonds. The molecule has 1 rings (SSSR count). The fraction of sp³-hybridized carbons (Fsp3) is 0.364. The van der Waals surface area contributed by atoms with Gasteiger partial charge in [-0.3, -0.25) is 4.98 Å². The standard InChI is InChI=1S/C11H16N2O/c1-4-6-9(12-2)11-10(14-3)7-5-8-13-11/h4-5,7-9,12H,1,6H2,2-3H3. The van der Waals surface area contributed by atoms with Crippen LogP contribution in [0.3, 0.4) is 0 Å². The summed E-state index contributed by atoms with van der Waals surface area (Å²) in [5.74, 6) is 0.814. The van der Waals surface area contributed by atoms with Crippen molar-refractivity contribution in [3.05, 3.63) is 36.7 Å². The highest BCUT2D eigenvalue weighted by atomic mass is 16.5. The second-order valence-corrected chi connectivity index (χ2v) is 2.96. The van der Waals surface area contributed by atoms with Crippen LogP contribution in [-0.4, -0.2) is 19.1 Å². The van der Waals surface area contributed by atoms with Gasteiger partial charge < -0.3 is 10.1 Å². The average molecular weight is 192 g/mol. The molecule has 0 saturated heterocycles. The summed E-state index contributed by atoms with van der Waals surface area (Å²) in [4.78, 5) is 4.30. The van der Waals surface area contributed by atoms with Gasteiger partial charge >= 0.3 is 0 Å². The van der Waals surface area contributed by atoms with Crippen molar-refractivity contribution >= 4 is 0 Å². The van der Waals surface area contributed by atoms with Gasteiger partial charge in [-0.05, 0) is 25.6 Å². The summed E-state index contributed by atoms with van der Waals surface area (Å²) in [6.45, 7) is 3.72. The van der Waals surface area contributed by atoms with Crippen LogP contribution in [0, 0.1) is 0 Å². The largest absolute Gasteiger partial charge is 0.495 e. The summed E-state index contributed by atoms with van der Waals surface area (Å²) in [6.07, 6.45) is 4.48. The van der Waals surface area contributed by atoms with Crippen LogP contribution < -0.4 is 10.1 Å². The summed E-state index contributed by atoms with van der Waals surface area (Å²) in [5.41, 5.74) is 0.928. The molecule has 0 bridgehead atoms. The third kappa shape index (κ3) is 2.33. The highest BCUT2D eigenvalue weighted by molar-refractivity contribution is 5.29. The predicted octanol–water partition coefficient (Wildman–Crippen LogP) is 1.93. The van der Waals surface area contributed by atoms with Crippen LogP contribution in [-0.2, 0) is 0 Å². The Hall–Kier alpha value is -1.35. The SMILES string of the molecule is C=CCC(NC)c1ncccc1OC. The van der Waals surface area contributed by atoms with Gasteiger partial charge in [0.05, 0.1) is 18.8 Å². The number of aromatic nitrogens is 1. The molecule has 1 N–H and O–H groups in total. The van der Waals surface area contributed by atoms with Crippen LogP contribution in [0.25, 0.3) is 0 Å². The van der Waals surface area contributed by atoms with Crippen LogP contribution in [0.1, 0.15) is 18.2 Å². The van der Waals surface area contributed by atoms with E-state index >= 15 is 0 Å². The van der Waals surface area contributed by atoms with Crippen molar-refractivity contribution in [3.63, 3.8) is 0 Å². The van der Waals surface area contributed by atoms with Gasteiger partial charge in [-0.15, -0.1) is 6.58 Å². The van der Waals surface area contributed by atoms with Crippen LogP contribution in [0.15, 0.2) is 31.0 Å². The highest BCUT2D eigenvalue weighted by Gasteiger charge is 2.13. The lowest BCUT2D eigenvalue weighted by atomic mass is 10.1. The van der Waals surface area contributed by atoms with Gasteiger partial charge in [-0.2, -0.15) is 0 Å². The van der Waals surface area contributed by atoms with Crippen LogP contribution in [0.4, 0.5) is 0 Å². The Morgan fingerprint density at radius 2 is 2.50 bits per heavy atom. The Balaban J connectivity index is 2.95. The highest BCUT2D eigenvalue weighted by Crippen LogP contribution is 2.24. The van der Waals surface area contributed by atoms with E-state index in [1.807, 2.05) is 25.3 Å². The Morgan fingerprint density at radius 3 is 3.07 bits per heavy atom. The number of pyridine rings is 1. The van der Waals surface area contributed by atoms with Crippen LogP contribution in [0.5, 0.6) is 5.75 Å². The smallest absolute Gasteiger partial charge is 0.141 e. The molecular formula is C11H16N2O. The number of ether oxygens (including phenoxy) is 1. The molecule has 0 radical (unpaired) electrons. The van der Waals surface area contributed by atoms with Gasteiger partial charge in [0.2, 0.25) is 0 Å². The first-order valence-corrected chi connectivity index (χ1v) is 4.60. The lowest BCUT2D eigenvalue weighted by molar-refractivity contribution is 0.397. The average Bonchev–Trinajstić information content (AvgIpc) is 2.26. The molecule has 0 fully saturated rings. The zero-order valence-electron chi connectivity index (χ0n) is 8.66. The zero-order chi connectivity index (χ0) is 10.4. The van der Waals surface area contributed by atoms with E-state index in [1.54, 1.807) is 13.3 Å². The number of nitrogens with one attached hydrogen (secondary N) is 1. The first kappa shape index (κ1) is 10.7. The molecule has 0 saturated carbocycles. The molecule has 1 heterocycles. The Morgan fingerprint density at radius 1 is 1.71 bits per heavy atom. The van der Waals surface area contributed by atoms with Crippen molar-refractivity contribution in [2.24, 2.45) is 0 Å². The van der Waals surface area contributed by atoms with Crippen molar-refractivity contribution in [1.82, 2.24) is 10.3 Å². The molecule has 0 aliphatic rings. The lowest BCUT2D eigenvalue weighted by Crippen LogP contribution is -2.17. The first-order valence-electron chi connectivity index (χ1n) is 4.60. The summed E-state index contributed by atoms with van der Waals surface area (Å²) in [5, 5.41) is 3.18. The van der Waals surface area contributed by atoms with Gasteiger partial charge in [0.15, 0.2) is 0 Å². The fourth-order valence-electron chi connectivity index (χ4n) is 1.37. The molecule has 3 heteroatoms. The molecule has 0 spiro atoms. The molecule has 1 aromatic heterocycles. The minimum Gasteiger partial charge on any atom is -0.495 e. The molecule has 76 valence electrons. The third-order valence-corrected chi connectivity index (χ3v) is 2.10. The second-order valence-electron chi connectivity index (χ2n) is 2.96. The topological polar surface area (TPSA) is 34.2 Å². The quantitative estimate of drug-likeness (QED) is 0.724. The lowest BCUT2D eigenvalue weighted by Gasteiger charge is -2.16. The molecule has 0 aromatic carbocycles. The van der Waals surface area contributed by atoms with E-state index < -0.39 is 0 Å². The maximum Gasteiger partial charge on any atom is 0.141 e. The summed E-state index contributed by atoms with van der Waals surface area (Å²) < 4.78 is 5.24. The normalized spacial score (nSPS) is 12.1. The van der Waals surface area contributed by atoms with Gasteiger partial charge in [-0.25, -0.2) is 0 Å². The molecular weight excluding hydrogens is 176 g/mol. The van der Waals surface area contributed by atoms with Crippen molar-refractivity contribution < 1.29 is 4.74 Å². The molecule has 3 nitrogen and oxygen atoms in total. The van der Waals surface area contributed by atoms with E-state index in [0.717, 1.165) is 17.9 Å². The molecule has 0 aliphatic carbocycles. The van der Waals surface area contributed by atoms with E-state index in [2.05, 4.69) is 16.9 Å². The Bertz CT molecular complexity index is 299. The van der Waals surface area contributed by atoms with Gasteiger partial charge in [0, 0.05) is 6.20 Å². The minimum absolute atomic E-state index is 0.170. The van der Waals surface area contributed by atoms with Crippen molar-refractivity contribution in [2.75, 3.05) is 14.2 Å². The monoisotopic (exact) mass is 192 g/mol. The third-order valence-electron chi connectivity index (χ3n) is 2.10. The summed E-state index contributed by atoms with van der Waals surface area (Å²) in [6, 6.07) is 3.95. The van der Waals surface area contributed by atoms with E-state index in [-0.39, 0.29) is 6.04 Å². The van der Waals surface area contributed by atoms with Crippen LogP contribution >= 0.6 is 0 Å². The molecule has 1 aromatic rings. The zero-order valence-corrected chi connectivity index (χ0v) is 8.66. The summed E-state index contributed by atoms with van der Waals surface area (Å²) >= 11 is 0. The number of hydrogen-bond donors (Lipinski definition) is 1. The minimum atomic E-state index is 0.170. The first-order chi connectivity index (χ1) is 6.83.